The highest BCUT2D eigenvalue weighted by Gasteiger charge is 2.35. The number of carbonyl (C=O) groups is 1. The Hall–Kier alpha value is -0.720. The molecule has 0 atom stereocenters. The van der Waals surface area contributed by atoms with Crippen molar-refractivity contribution in [3.8, 4) is 0 Å². The molecule has 3 nitrogen and oxygen atoms in total. The normalized spacial score (nSPS) is 11.7. The van der Waals surface area contributed by atoms with Crippen LogP contribution in [-0.4, -0.2) is 24.3 Å². The molecule has 84 valence electrons. The van der Waals surface area contributed by atoms with Crippen LogP contribution in [0.25, 0.3) is 0 Å². The molecule has 1 aromatic rings. The molecular weight excluding hydrogens is 250 g/mol. The average molecular weight is 257 g/mol. The minimum absolute atomic E-state index is 0.0380. The summed E-state index contributed by atoms with van der Waals surface area (Å²) in [5, 5.41) is 9.60. The summed E-state index contributed by atoms with van der Waals surface area (Å²) in [4.78, 5) is 9.73. The van der Waals surface area contributed by atoms with Crippen LogP contribution in [0, 0.1) is 0 Å². The molecule has 0 spiro atoms. The predicted octanol–water partition coefficient (Wildman–Crippen LogP) is 2.59. The molecule has 0 saturated heterocycles. The fraction of sp³-hybridized carbons (Fsp3) is 0.375. The van der Waals surface area contributed by atoms with E-state index >= 15 is 0 Å². The van der Waals surface area contributed by atoms with Crippen LogP contribution < -0.4 is 0 Å². The number of halogens is 3. The Morgan fingerprint density at radius 3 is 2.80 bits per heavy atom. The molecule has 0 radical (unpaired) electrons. The summed E-state index contributed by atoms with van der Waals surface area (Å²) >= 11 is 6.33. The lowest BCUT2D eigenvalue weighted by Crippen LogP contribution is -2.22. The van der Waals surface area contributed by atoms with Crippen molar-refractivity contribution in [2.75, 3.05) is 13.2 Å². The van der Waals surface area contributed by atoms with Gasteiger partial charge in [0.25, 0.3) is 0 Å². The Morgan fingerprint density at radius 2 is 2.33 bits per heavy atom. The molecule has 0 amide bonds. The van der Waals surface area contributed by atoms with Crippen LogP contribution in [0.3, 0.4) is 0 Å². The summed E-state index contributed by atoms with van der Waals surface area (Å²) < 4.78 is 31.0. The number of hydrogen-bond acceptors (Lipinski definition) is 3. The van der Waals surface area contributed by atoms with E-state index in [2.05, 4.69) is 4.74 Å². The molecule has 0 unspecified atom stereocenters. The topological polar surface area (TPSA) is 46.5 Å². The summed E-state index contributed by atoms with van der Waals surface area (Å²) in [5.74, 6) is -4.54. The quantitative estimate of drug-likeness (QED) is 0.881. The van der Waals surface area contributed by atoms with E-state index in [0.717, 1.165) is 11.3 Å². The van der Waals surface area contributed by atoms with Gasteiger partial charge >= 0.3 is 11.9 Å². The number of carboxylic acid groups (broad SMARTS) is 1. The van der Waals surface area contributed by atoms with Gasteiger partial charge in [-0.25, -0.2) is 4.79 Å². The Kier molecular flexibility index (Phi) is 4.01. The second-order valence-electron chi connectivity index (χ2n) is 2.69. The van der Waals surface area contributed by atoms with Gasteiger partial charge in [0.15, 0.2) is 0 Å². The number of hydrogen-bond donors (Lipinski definition) is 1. The van der Waals surface area contributed by atoms with Crippen molar-refractivity contribution in [3.05, 3.63) is 21.3 Å². The summed E-state index contributed by atoms with van der Waals surface area (Å²) in [6, 6.07) is 1.35. The minimum atomic E-state index is -3.25. The Labute approximate surface area is 93.2 Å². The average Bonchev–Trinajstić information content (AvgIpc) is 2.50. The second kappa shape index (κ2) is 4.87. The highest BCUT2D eigenvalue weighted by Crippen LogP contribution is 2.37. The molecule has 0 saturated carbocycles. The summed E-state index contributed by atoms with van der Waals surface area (Å²) in [6.07, 6.45) is 0. The van der Waals surface area contributed by atoms with Gasteiger partial charge in [0.05, 0.1) is 9.90 Å². The zero-order valence-electron chi connectivity index (χ0n) is 7.37. The molecule has 1 N–H and O–H groups in total. The van der Waals surface area contributed by atoms with Gasteiger partial charge in [0.2, 0.25) is 0 Å². The number of ether oxygens (including phenoxy) is 1. The van der Waals surface area contributed by atoms with Crippen LogP contribution in [0.1, 0.15) is 4.88 Å². The van der Waals surface area contributed by atoms with Gasteiger partial charge in [-0.05, 0) is 11.4 Å². The van der Waals surface area contributed by atoms with E-state index in [1.807, 2.05) is 0 Å². The molecule has 1 rings (SSSR count). The van der Waals surface area contributed by atoms with Gasteiger partial charge in [-0.1, -0.05) is 11.6 Å². The number of aliphatic carboxylic acids is 1. The molecule has 1 aromatic heterocycles. The molecule has 1 heterocycles. The van der Waals surface area contributed by atoms with Gasteiger partial charge < -0.3 is 9.84 Å². The zero-order valence-corrected chi connectivity index (χ0v) is 8.95. The van der Waals surface area contributed by atoms with Crippen LogP contribution in [0.5, 0.6) is 0 Å². The fourth-order valence-corrected chi connectivity index (χ4v) is 2.05. The number of thiophene rings is 1. The van der Waals surface area contributed by atoms with E-state index < -0.39 is 25.1 Å². The third kappa shape index (κ3) is 3.40. The van der Waals surface area contributed by atoms with Crippen LogP contribution in [0.2, 0.25) is 5.02 Å². The smallest absolute Gasteiger partial charge is 0.329 e. The fourth-order valence-electron chi connectivity index (χ4n) is 0.887. The zero-order chi connectivity index (χ0) is 11.5. The molecule has 0 fully saturated rings. The standard InChI is InChI=1S/C8H7ClF2O3S/c9-5-1-2-15-7(5)8(10,11)4-14-3-6(12)13/h1-2H,3-4H2,(H,12,13). The Bertz CT molecular complexity index is 353. The lowest BCUT2D eigenvalue weighted by atomic mass is 10.3. The molecule has 0 bridgehead atoms. The van der Waals surface area contributed by atoms with E-state index in [0.29, 0.717) is 0 Å². The van der Waals surface area contributed by atoms with Crippen molar-refractivity contribution in [2.45, 2.75) is 5.92 Å². The molecule has 15 heavy (non-hydrogen) atoms. The maximum atomic E-state index is 13.3. The van der Waals surface area contributed by atoms with Crippen molar-refractivity contribution in [3.63, 3.8) is 0 Å². The second-order valence-corrected chi connectivity index (χ2v) is 4.01. The molecular formula is C8H7ClF2O3S. The van der Waals surface area contributed by atoms with E-state index in [1.54, 1.807) is 0 Å². The highest BCUT2D eigenvalue weighted by molar-refractivity contribution is 7.10. The van der Waals surface area contributed by atoms with Gasteiger partial charge in [0, 0.05) is 0 Å². The third-order valence-corrected chi connectivity index (χ3v) is 2.91. The molecule has 7 heteroatoms. The molecule has 0 aliphatic rings. The SMILES string of the molecule is O=C(O)COCC(F)(F)c1sccc1Cl. The monoisotopic (exact) mass is 256 g/mol. The van der Waals surface area contributed by atoms with Gasteiger partial charge in [-0.15, -0.1) is 11.3 Å². The lowest BCUT2D eigenvalue weighted by Gasteiger charge is -2.14. The number of carboxylic acids is 1. The Balaban J connectivity index is 2.59. The number of rotatable bonds is 5. The minimum Gasteiger partial charge on any atom is -0.480 e. The summed E-state index contributed by atoms with van der Waals surface area (Å²) in [5.41, 5.74) is 0. The Morgan fingerprint density at radius 1 is 1.67 bits per heavy atom. The van der Waals surface area contributed by atoms with Gasteiger partial charge in [0.1, 0.15) is 13.2 Å². The lowest BCUT2D eigenvalue weighted by molar-refractivity contribution is -0.147. The third-order valence-electron chi connectivity index (χ3n) is 1.46. The van der Waals surface area contributed by atoms with Crippen LogP contribution in [0.15, 0.2) is 11.4 Å². The molecule has 0 aliphatic heterocycles. The van der Waals surface area contributed by atoms with Crippen molar-refractivity contribution in [1.82, 2.24) is 0 Å². The van der Waals surface area contributed by atoms with Crippen molar-refractivity contribution in [2.24, 2.45) is 0 Å². The van der Waals surface area contributed by atoms with Crippen molar-refractivity contribution >= 4 is 28.9 Å². The van der Waals surface area contributed by atoms with Gasteiger partial charge in [-0.3, -0.25) is 0 Å². The summed E-state index contributed by atoms with van der Waals surface area (Å²) in [6.45, 7) is -1.74. The van der Waals surface area contributed by atoms with Gasteiger partial charge in [-0.2, -0.15) is 8.78 Å². The van der Waals surface area contributed by atoms with E-state index in [9.17, 15) is 13.6 Å². The van der Waals surface area contributed by atoms with E-state index in [-0.39, 0.29) is 9.90 Å². The maximum Gasteiger partial charge on any atom is 0.329 e. The van der Waals surface area contributed by atoms with Crippen molar-refractivity contribution in [1.29, 1.82) is 0 Å². The first kappa shape index (κ1) is 12.4. The summed E-state index contributed by atoms with van der Waals surface area (Å²) in [7, 11) is 0. The number of alkyl halides is 2. The molecule has 0 aromatic carbocycles. The first-order valence-corrected chi connectivity index (χ1v) is 5.10. The van der Waals surface area contributed by atoms with Crippen LogP contribution in [0.4, 0.5) is 8.78 Å². The first-order chi connectivity index (χ1) is 6.93. The van der Waals surface area contributed by atoms with E-state index in [1.165, 1.54) is 11.4 Å². The van der Waals surface area contributed by atoms with Crippen LogP contribution in [-0.2, 0) is 15.5 Å². The van der Waals surface area contributed by atoms with Crippen molar-refractivity contribution < 1.29 is 23.4 Å². The molecule has 0 aliphatic carbocycles. The predicted molar refractivity (Wildman–Crippen MR) is 51.7 cm³/mol. The first-order valence-electron chi connectivity index (χ1n) is 3.84. The maximum absolute atomic E-state index is 13.3. The van der Waals surface area contributed by atoms with E-state index in [4.69, 9.17) is 16.7 Å². The van der Waals surface area contributed by atoms with Crippen LogP contribution >= 0.6 is 22.9 Å². The highest BCUT2D eigenvalue weighted by atomic mass is 35.5. The largest absolute Gasteiger partial charge is 0.480 e.